The van der Waals surface area contributed by atoms with E-state index in [4.69, 9.17) is 11.6 Å². The van der Waals surface area contributed by atoms with E-state index in [0.717, 1.165) is 23.0 Å². The number of rotatable bonds is 5. The predicted molar refractivity (Wildman–Crippen MR) is 124 cm³/mol. The highest BCUT2D eigenvalue weighted by molar-refractivity contribution is 6.32. The summed E-state index contributed by atoms with van der Waals surface area (Å²) in [6.45, 7) is 0.111. The van der Waals surface area contributed by atoms with Crippen molar-refractivity contribution in [3.8, 4) is 5.82 Å². The second-order valence-electron chi connectivity index (χ2n) is 9.11. The first-order valence-corrected chi connectivity index (χ1v) is 11.7. The van der Waals surface area contributed by atoms with Crippen LogP contribution in [0.1, 0.15) is 23.2 Å². The number of carbonyl (C=O) groups excluding carboxylic acids is 1. The Hall–Kier alpha value is -3.29. The number of nitrogens with one attached hydrogen (secondary N) is 1. The van der Waals surface area contributed by atoms with E-state index in [9.17, 15) is 37.4 Å². The molecule has 1 saturated heterocycles. The number of anilines is 1. The van der Waals surface area contributed by atoms with Gasteiger partial charge in [0.15, 0.2) is 11.5 Å². The molecule has 3 atom stereocenters. The molecule has 0 unspecified atom stereocenters. The molecule has 9 nitrogen and oxygen atoms in total. The summed E-state index contributed by atoms with van der Waals surface area (Å²) in [5, 5.41) is 21.4. The molecule has 3 aromatic rings. The van der Waals surface area contributed by atoms with Gasteiger partial charge in [-0.1, -0.05) is 11.6 Å². The minimum Gasteiger partial charge on any atom is -0.389 e. The predicted octanol–water partition coefficient (Wildman–Crippen LogP) is 2.19. The Kier molecular flexibility index (Phi) is 6.32. The molecule has 1 amide bonds. The fraction of sp³-hybridized carbons (Fsp3) is 0.391. The molecule has 1 aliphatic heterocycles. The van der Waals surface area contributed by atoms with Gasteiger partial charge >= 0.3 is 6.18 Å². The van der Waals surface area contributed by atoms with Gasteiger partial charge in [-0.15, -0.1) is 0 Å². The van der Waals surface area contributed by atoms with Crippen LogP contribution in [0.25, 0.3) is 16.9 Å². The van der Waals surface area contributed by atoms with Crippen LogP contribution >= 0.6 is 11.6 Å². The fourth-order valence-corrected chi connectivity index (χ4v) is 4.59. The number of aromatic nitrogens is 3. The van der Waals surface area contributed by atoms with Crippen molar-refractivity contribution >= 4 is 34.4 Å². The van der Waals surface area contributed by atoms with Crippen LogP contribution in [-0.2, 0) is 0 Å². The highest BCUT2D eigenvalue weighted by atomic mass is 35.5. The highest BCUT2D eigenvalue weighted by Gasteiger charge is 2.50. The van der Waals surface area contributed by atoms with E-state index in [0.29, 0.717) is 12.8 Å². The maximum Gasteiger partial charge on any atom is 0.408 e. The Labute approximate surface area is 211 Å². The Balaban J connectivity index is 1.65. The van der Waals surface area contributed by atoms with Crippen LogP contribution in [0.5, 0.6) is 0 Å². The lowest BCUT2D eigenvalue weighted by molar-refractivity contribution is -0.158. The normalized spacial score (nSPS) is 20.9. The minimum absolute atomic E-state index is 0.0555. The molecule has 3 N–H and O–H groups in total. The number of hydrogen-bond donors (Lipinski definition) is 3. The largest absolute Gasteiger partial charge is 0.408 e. The lowest BCUT2D eigenvalue weighted by Gasteiger charge is -2.22. The molecule has 1 saturated carbocycles. The molecule has 37 heavy (non-hydrogen) atoms. The molecular formula is C23H20ClF4N5O4. The summed E-state index contributed by atoms with van der Waals surface area (Å²) in [6, 6.07) is 1.58. The molecule has 0 spiro atoms. The average Bonchev–Trinajstić information content (AvgIpc) is 3.61. The summed E-state index contributed by atoms with van der Waals surface area (Å²) in [5.74, 6) is -2.62. The standard InChI is InChI=1S/C23H20ClF4N5O4/c24-14-5-11(25)6-29-21(14)33-7-13(22(37)31-19(10-1-2-10)23(26,27)28)18(36)12-3-4-17(30-20(12)33)32-8-15(34)16(35)9-32/h3-7,10,15-16,19,34-35H,1-2,8-9H2,(H,31,37)/t15-,16-,19-/m1/s1. The van der Waals surface area contributed by atoms with Crippen LogP contribution in [0, 0.1) is 11.7 Å². The van der Waals surface area contributed by atoms with E-state index in [1.54, 1.807) is 4.90 Å². The van der Waals surface area contributed by atoms with Crippen molar-refractivity contribution in [3.05, 3.63) is 57.2 Å². The van der Waals surface area contributed by atoms with E-state index >= 15 is 0 Å². The summed E-state index contributed by atoms with van der Waals surface area (Å²) < 4.78 is 55.3. The molecule has 5 rings (SSSR count). The fourth-order valence-electron chi connectivity index (χ4n) is 4.35. The summed E-state index contributed by atoms with van der Waals surface area (Å²) in [7, 11) is 0. The first-order chi connectivity index (χ1) is 17.4. The number of aliphatic hydroxyl groups is 2. The number of β-amino-alcohol motifs (C(OH)–C–C–N with tert-alkyl or cyclic N) is 2. The first-order valence-electron chi connectivity index (χ1n) is 11.3. The molecule has 4 heterocycles. The number of carbonyl (C=O) groups is 1. The van der Waals surface area contributed by atoms with Crippen LogP contribution in [0.3, 0.4) is 0 Å². The number of nitrogens with zero attached hydrogens (tertiary/aromatic N) is 4. The monoisotopic (exact) mass is 541 g/mol. The molecule has 14 heteroatoms. The smallest absolute Gasteiger partial charge is 0.389 e. The lowest BCUT2D eigenvalue weighted by atomic mass is 10.1. The van der Waals surface area contributed by atoms with E-state index < -0.39 is 53.1 Å². The van der Waals surface area contributed by atoms with Gasteiger partial charge in [-0.25, -0.2) is 14.4 Å². The van der Waals surface area contributed by atoms with Crippen LogP contribution in [0.15, 0.2) is 35.4 Å². The Morgan fingerprint density at radius 1 is 1.19 bits per heavy atom. The number of pyridine rings is 3. The van der Waals surface area contributed by atoms with Crippen LogP contribution in [-0.4, -0.2) is 68.2 Å². The number of amides is 1. The number of hydrogen-bond acceptors (Lipinski definition) is 7. The molecule has 0 radical (unpaired) electrons. The Morgan fingerprint density at radius 2 is 1.86 bits per heavy atom. The van der Waals surface area contributed by atoms with Crippen molar-refractivity contribution in [2.24, 2.45) is 5.92 Å². The average molecular weight is 542 g/mol. The van der Waals surface area contributed by atoms with Crippen molar-refractivity contribution in [2.45, 2.75) is 37.3 Å². The lowest BCUT2D eigenvalue weighted by Crippen LogP contribution is -2.48. The second kappa shape index (κ2) is 9.23. The number of fused-ring (bicyclic) bond motifs is 1. The first kappa shape index (κ1) is 25.4. The van der Waals surface area contributed by atoms with Crippen molar-refractivity contribution < 1.29 is 32.6 Å². The molecule has 1 aliphatic carbocycles. The zero-order valence-corrected chi connectivity index (χ0v) is 19.7. The zero-order chi connectivity index (χ0) is 26.6. The van der Waals surface area contributed by atoms with Gasteiger partial charge in [0.05, 0.1) is 28.8 Å². The van der Waals surface area contributed by atoms with Crippen molar-refractivity contribution in [3.63, 3.8) is 0 Å². The number of aliphatic hydroxyl groups excluding tert-OH is 2. The summed E-state index contributed by atoms with van der Waals surface area (Å²) in [5.41, 5.74) is -1.55. The highest BCUT2D eigenvalue weighted by Crippen LogP contribution is 2.40. The summed E-state index contributed by atoms with van der Waals surface area (Å²) in [6.07, 6.45) is -4.33. The third kappa shape index (κ3) is 4.86. The maximum atomic E-state index is 13.7. The number of halogens is 5. The Morgan fingerprint density at radius 3 is 2.46 bits per heavy atom. The van der Waals surface area contributed by atoms with E-state index in [1.807, 2.05) is 5.32 Å². The molecule has 196 valence electrons. The van der Waals surface area contributed by atoms with Crippen molar-refractivity contribution in [2.75, 3.05) is 18.0 Å². The zero-order valence-electron chi connectivity index (χ0n) is 18.9. The molecule has 0 bridgehead atoms. The van der Waals surface area contributed by atoms with Gasteiger partial charge in [-0.3, -0.25) is 14.2 Å². The topological polar surface area (TPSA) is 121 Å². The van der Waals surface area contributed by atoms with Crippen molar-refractivity contribution in [1.82, 2.24) is 19.9 Å². The quantitative estimate of drug-likeness (QED) is 0.423. The van der Waals surface area contributed by atoms with Crippen LogP contribution < -0.4 is 15.6 Å². The summed E-state index contributed by atoms with van der Waals surface area (Å²) in [4.78, 5) is 36.1. The molecule has 3 aromatic heterocycles. The van der Waals surface area contributed by atoms with Crippen molar-refractivity contribution in [1.29, 1.82) is 0 Å². The SMILES string of the molecule is O=C(N[C@H](C1CC1)C(F)(F)F)c1cn(-c2ncc(F)cc2Cl)c2nc(N3C[C@@H](O)[C@H](O)C3)ccc2c1=O. The molecular weight excluding hydrogens is 522 g/mol. The van der Waals surface area contributed by atoms with Gasteiger partial charge < -0.3 is 20.4 Å². The third-order valence-corrected chi connectivity index (χ3v) is 6.69. The number of alkyl halides is 3. The van der Waals surface area contributed by atoms with Gasteiger partial charge in [0.1, 0.15) is 23.2 Å². The third-order valence-electron chi connectivity index (χ3n) is 6.41. The van der Waals surface area contributed by atoms with E-state index in [1.165, 1.54) is 12.1 Å². The van der Waals surface area contributed by atoms with Gasteiger partial charge in [0.2, 0.25) is 5.43 Å². The van der Waals surface area contributed by atoms with Crippen LogP contribution in [0.2, 0.25) is 5.02 Å². The Bertz CT molecular complexity index is 1440. The van der Waals surface area contributed by atoms with Gasteiger partial charge in [-0.2, -0.15) is 13.2 Å². The molecule has 2 aliphatic rings. The van der Waals surface area contributed by atoms with Gasteiger partial charge in [-0.05, 0) is 37.0 Å². The molecule has 2 fully saturated rings. The van der Waals surface area contributed by atoms with E-state index in [2.05, 4.69) is 9.97 Å². The van der Waals surface area contributed by atoms with E-state index in [-0.39, 0.29) is 40.8 Å². The minimum atomic E-state index is -4.70. The second-order valence-corrected chi connectivity index (χ2v) is 9.52. The summed E-state index contributed by atoms with van der Waals surface area (Å²) >= 11 is 6.18. The van der Waals surface area contributed by atoms with Gasteiger partial charge in [0.25, 0.3) is 5.91 Å². The maximum absolute atomic E-state index is 13.7. The van der Waals surface area contributed by atoms with Gasteiger partial charge in [0, 0.05) is 19.3 Å². The molecule has 0 aromatic carbocycles. The van der Waals surface area contributed by atoms with Crippen LogP contribution in [0.4, 0.5) is 23.4 Å².